The Balaban J connectivity index is 2.02. The van der Waals surface area contributed by atoms with Crippen molar-refractivity contribution in [2.45, 2.75) is 20.4 Å². The molecule has 27 heavy (non-hydrogen) atoms. The van der Waals surface area contributed by atoms with Crippen molar-refractivity contribution >= 4 is 28.3 Å². The van der Waals surface area contributed by atoms with Gasteiger partial charge in [0.2, 0.25) is 5.43 Å². The number of benzene rings is 2. The molecule has 1 amide bonds. The number of ketones is 1. The Labute approximate surface area is 156 Å². The van der Waals surface area contributed by atoms with Crippen LogP contribution in [0.1, 0.15) is 34.6 Å². The molecule has 0 aliphatic heterocycles. The molecule has 0 atom stereocenters. The van der Waals surface area contributed by atoms with Crippen molar-refractivity contribution in [2.75, 3.05) is 12.4 Å². The van der Waals surface area contributed by atoms with Crippen LogP contribution in [0.15, 0.2) is 53.5 Å². The molecule has 0 aliphatic rings. The van der Waals surface area contributed by atoms with Crippen molar-refractivity contribution < 1.29 is 14.3 Å². The maximum Gasteiger partial charge on any atom is 0.261 e. The molecule has 0 fully saturated rings. The predicted molar refractivity (Wildman–Crippen MR) is 105 cm³/mol. The lowest BCUT2D eigenvalue weighted by Crippen LogP contribution is -2.24. The van der Waals surface area contributed by atoms with Gasteiger partial charge in [0.1, 0.15) is 11.3 Å². The van der Waals surface area contributed by atoms with Gasteiger partial charge in [0.05, 0.1) is 18.0 Å². The van der Waals surface area contributed by atoms with E-state index in [0.29, 0.717) is 28.9 Å². The standard InChI is InChI=1S/C21H20N2O4/c1-4-23-12-18(20(25)17-11-16(27-3)9-10-19(17)23)21(26)22-15-7-5-14(6-8-15)13(2)24/h5-12H,4H2,1-3H3,(H,22,26). The Kier molecular flexibility index (Phi) is 5.07. The molecule has 1 aromatic heterocycles. The number of aromatic nitrogens is 1. The Morgan fingerprint density at radius 1 is 1.11 bits per heavy atom. The fourth-order valence-corrected chi connectivity index (χ4v) is 2.91. The van der Waals surface area contributed by atoms with Gasteiger partial charge in [-0.15, -0.1) is 0 Å². The van der Waals surface area contributed by atoms with E-state index in [4.69, 9.17) is 4.74 Å². The number of hydrogen-bond donors (Lipinski definition) is 1. The van der Waals surface area contributed by atoms with Crippen LogP contribution >= 0.6 is 0 Å². The molecule has 3 rings (SSSR count). The normalized spacial score (nSPS) is 10.6. The van der Waals surface area contributed by atoms with Gasteiger partial charge < -0.3 is 14.6 Å². The SMILES string of the molecule is CCn1cc(C(=O)Nc2ccc(C(C)=O)cc2)c(=O)c2cc(OC)ccc21. The van der Waals surface area contributed by atoms with E-state index in [-0.39, 0.29) is 16.8 Å². The van der Waals surface area contributed by atoms with E-state index in [1.807, 2.05) is 11.5 Å². The molecule has 138 valence electrons. The van der Waals surface area contributed by atoms with Crippen LogP contribution in [0.3, 0.4) is 0 Å². The second-order valence-electron chi connectivity index (χ2n) is 6.13. The first-order chi connectivity index (χ1) is 12.9. The van der Waals surface area contributed by atoms with Gasteiger partial charge in [0.25, 0.3) is 5.91 Å². The highest BCUT2D eigenvalue weighted by molar-refractivity contribution is 6.06. The van der Waals surface area contributed by atoms with Crippen LogP contribution in [0.2, 0.25) is 0 Å². The van der Waals surface area contributed by atoms with Crippen molar-refractivity contribution in [1.29, 1.82) is 0 Å². The number of nitrogens with zero attached hydrogens (tertiary/aromatic N) is 1. The minimum absolute atomic E-state index is 0.0493. The summed E-state index contributed by atoms with van der Waals surface area (Å²) in [5.41, 5.74) is 1.50. The molecule has 0 bridgehead atoms. The number of carbonyl (C=O) groups is 2. The number of nitrogens with one attached hydrogen (secondary N) is 1. The number of carbonyl (C=O) groups excluding carboxylic acids is 2. The molecule has 1 heterocycles. The molecule has 0 saturated heterocycles. The van der Waals surface area contributed by atoms with Gasteiger partial charge in [-0.05, 0) is 56.3 Å². The van der Waals surface area contributed by atoms with Crippen LogP contribution in [0.5, 0.6) is 5.75 Å². The van der Waals surface area contributed by atoms with Gasteiger partial charge >= 0.3 is 0 Å². The van der Waals surface area contributed by atoms with E-state index in [1.54, 1.807) is 48.7 Å². The summed E-state index contributed by atoms with van der Waals surface area (Å²) in [6, 6.07) is 11.8. The Morgan fingerprint density at radius 3 is 2.41 bits per heavy atom. The number of fused-ring (bicyclic) bond motifs is 1. The molecule has 0 spiro atoms. The fraction of sp³-hybridized carbons (Fsp3) is 0.190. The van der Waals surface area contributed by atoms with E-state index in [1.165, 1.54) is 14.0 Å². The summed E-state index contributed by atoms with van der Waals surface area (Å²) < 4.78 is 7.05. The second kappa shape index (κ2) is 7.45. The Bertz CT molecular complexity index is 1080. The van der Waals surface area contributed by atoms with Gasteiger partial charge in [0.15, 0.2) is 5.78 Å². The van der Waals surface area contributed by atoms with Gasteiger partial charge in [-0.3, -0.25) is 14.4 Å². The third kappa shape index (κ3) is 3.60. The molecule has 0 radical (unpaired) electrons. The predicted octanol–water partition coefficient (Wildman–Crippen LogP) is 3.48. The molecule has 0 unspecified atom stereocenters. The third-order valence-electron chi connectivity index (χ3n) is 4.42. The first-order valence-corrected chi connectivity index (χ1v) is 8.58. The number of aryl methyl sites for hydroxylation is 1. The van der Waals surface area contributed by atoms with Crippen LogP contribution in [-0.4, -0.2) is 23.4 Å². The summed E-state index contributed by atoms with van der Waals surface area (Å²) in [7, 11) is 1.53. The van der Waals surface area contributed by atoms with Gasteiger partial charge in [0, 0.05) is 24.0 Å². The summed E-state index contributed by atoms with van der Waals surface area (Å²) in [5.74, 6) is 0.00399. The number of amides is 1. The van der Waals surface area contributed by atoms with Gasteiger partial charge in [-0.2, -0.15) is 0 Å². The second-order valence-corrected chi connectivity index (χ2v) is 6.13. The van der Waals surface area contributed by atoms with Crippen molar-refractivity contribution in [1.82, 2.24) is 4.57 Å². The van der Waals surface area contributed by atoms with E-state index in [0.717, 1.165) is 5.52 Å². The third-order valence-corrected chi connectivity index (χ3v) is 4.42. The largest absolute Gasteiger partial charge is 0.497 e. The van der Waals surface area contributed by atoms with Crippen molar-refractivity contribution in [3.05, 3.63) is 70.0 Å². The molecule has 6 heteroatoms. The summed E-state index contributed by atoms with van der Waals surface area (Å²) in [4.78, 5) is 36.9. The first-order valence-electron chi connectivity index (χ1n) is 8.58. The van der Waals surface area contributed by atoms with Crippen molar-refractivity contribution in [2.24, 2.45) is 0 Å². The number of ether oxygens (including phenoxy) is 1. The van der Waals surface area contributed by atoms with Gasteiger partial charge in [-0.25, -0.2) is 0 Å². The molecule has 0 aliphatic carbocycles. The zero-order valence-electron chi connectivity index (χ0n) is 15.4. The zero-order chi connectivity index (χ0) is 19.6. The number of rotatable bonds is 5. The number of hydrogen-bond acceptors (Lipinski definition) is 4. The lowest BCUT2D eigenvalue weighted by Gasteiger charge is -2.13. The lowest BCUT2D eigenvalue weighted by atomic mass is 10.1. The highest BCUT2D eigenvalue weighted by atomic mass is 16.5. The number of pyridine rings is 1. The minimum Gasteiger partial charge on any atom is -0.497 e. The van der Waals surface area contributed by atoms with Crippen molar-refractivity contribution in [3.8, 4) is 5.75 Å². The summed E-state index contributed by atoms with van der Waals surface area (Å²) in [6.07, 6.45) is 1.57. The van der Waals surface area contributed by atoms with E-state index >= 15 is 0 Å². The molecule has 0 saturated carbocycles. The first kappa shape index (κ1) is 18.4. The topological polar surface area (TPSA) is 77.4 Å². The molecule has 1 N–H and O–H groups in total. The summed E-state index contributed by atoms with van der Waals surface area (Å²) >= 11 is 0. The summed E-state index contributed by atoms with van der Waals surface area (Å²) in [6.45, 7) is 4.02. The Hall–Kier alpha value is -3.41. The zero-order valence-corrected chi connectivity index (χ0v) is 15.4. The minimum atomic E-state index is -0.498. The average Bonchev–Trinajstić information content (AvgIpc) is 2.68. The van der Waals surface area contributed by atoms with E-state index in [2.05, 4.69) is 5.32 Å². The maximum atomic E-state index is 12.9. The summed E-state index contributed by atoms with van der Waals surface area (Å²) in [5, 5.41) is 3.14. The maximum absolute atomic E-state index is 12.9. The van der Waals surface area contributed by atoms with Crippen LogP contribution < -0.4 is 15.5 Å². The Morgan fingerprint density at radius 2 is 1.81 bits per heavy atom. The van der Waals surface area contributed by atoms with E-state index < -0.39 is 5.91 Å². The molecule has 2 aromatic carbocycles. The quantitative estimate of drug-likeness (QED) is 0.703. The van der Waals surface area contributed by atoms with Crippen LogP contribution in [0, 0.1) is 0 Å². The van der Waals surface area contributed by atoms with E-state index in [9.17, 15) is 14.4 Å². The average molecular weight is 364 g/mol. The van der Waals surface area contributed by atoms with Crippen LogP contribution in [-0.2, 0) is 6.54 Å². The molecular weight excluding hydrogens is 344 g/mol. The fourth-order valence-electron chi connectivity index (χ4n) is 2.91. The van der Waals surface area contributed by atoms with Crippen LogP contribution in [0.4, 0.5) is 5.69 Å². The lowest BCUT2D eigenvalue weighted by molar-refractivity contribution is 0.101. The highest BCUT2D eigenvalue weighted by Gasteiger charge is 2.16. The number of anilines is 1. The smallest absolute Gasteiger partial charge is 0.261 e. The monoisotopic (exact) mass is 364 g/mol. The molecule has 3 aromatic rings. The molecule has 6 nitrogen and oxygen atoms in total. The van der Waals surface area contributed by atoms with Gasteiger partial charge in [-0.1, -0.05) is 0 Å². The number of Topliss-reactive ketones (excluding diaryl/α,β-unsaturated/α-hetero) is 1. The van der Waals surface area contributed by atoms with Crippen LogP contribution in [0.25, 0.3) is 10.9 Å². The highest BCUT2D eigenvalue weighted by Crippen LogP contribution is 2.19. The molecular formula is C21H20N2O4. The number of methoxy groups -OCH3 is 1. The van der Waals surface area contributed by atoms with Crippen molar-refractivity contribution in [3.63, 3.8) is 0 Å².